The highest BCUT2D eigenvalue weighted by atomic mass is 32.2. The van der Waals surface area contributed by atoms with Crippen molar-refractivity contribution in [2.24, 2.45) is 10.9 Å². The van der Waals surface area contributed by atoms with Gasteiger partial charge in [-0.2, -0.15) is 0 Å². The number of hydrogen-bond donors (Lipinski definition) is 3. The maximum Gasteiger partial charge on any atom is 0.238 e. The van der Waals surface area contributed by atoms with E-state index in [1.165, 1.54) is 12.1 Å². The maximum absolute atomic E-state index is 11.2. The average Bonchev–Trinajstić information content (AvgIpc) is 2.46. The van der Waals surface area contributed by atoms with Gasteiger partial charge in [0.2, 0.25) is 10.0 Å². The van der Waals surface area contributed by atoms with Crippen molar-refractivity contribution in [3.05, 3.63) is 47.4 Å². The third kappa shape index (κ3) is 4.48. The standard InChI is InChI=1S/C14H19N5O2S/c1-10-18-12(9-15)8-14(19-10)17-7-6-11-2-4-13(5-3-11)22(16,20)21/h2-5,8H,6-7,9,15H2,1H3,(H2,16,20,21)(H,17,18,19). The SMILES string of the molecule is Cc1nc(CN)cc(NCCc2ccc(S(N)(=O)=O)cc2)n1. The summed E-state index contributed by atoms with van der Waals surface area (Å²) in [5.74, 6) is 1.40. The lowest BCUT2D eigenvalue weighted by Gasteiger charge is -2.08. The predicted octanol–water partition coefficient (Wildman–Crippen LogP) is 0.546. The fraction of sp³-hybridized carbons (Fsp3) is 0.286. The number of nitrogens with zero attached hydrogens (tertiary/aromatic N) is 2. The molecule has 0 aliphatic carbocycles. The molecule has 0 radical (unpaired) electrons. The summed E-state index contributed by atoms with van der Waals surface area (Å²) in [6.45, 7) is 2.85. The van der Waals surface area contributed by atoms with Gasteiger partial charge in [-0.05, 0) is 31.0 Å². The van der Waals surface area contributed by atoms with Gasteiger partial charge in [0.25, 0.3) is 0 Å². The molecule has 0 bridgehead atoms. The molecule has 7 nitrogen and oxygen atoms in total. The minimum atomic E-state index is -3.64. The number of aromatic nitrogens is 2. The van der Waals surface area contributed by atoms with Gasteiger partial charge in [0.05, 0.1) is 10.6 Å². The summed E-state index contributed by atoms with van der Waals surface area (Å²) in [7, 11) is -3.64. The second-order valence-corrected chi connectivity index (χ2v) is 6.42. The molecule has 1 heterocycles. The highest BCUT2D eigenvalue weighted by Crippen LogP contribution is 2.10. The van der Waals surface area contributed by atoms with Gasteiger partial charge in [0.1, 0.15) is 11.6 Å². The molecule has 0 amide bonds. The van der Waals surface area contributed by atoms with Crippen LogP contribution in [0.25, 0.3) is 0 Å². The fourth-order valence-corrected chi connectivity index (χ4v) is 2.52. The van der Waals surface area contributed by atoms with Crippen molar-refractivity contribution in [2.45, 2.75) is 24.8 Å². The Kier molecular flexibility index (Phi) is 5.07. The van der Waals surface area contributed by atoms with Gasteiger partial charge >= 0.3 is 0 Å². The van der Waals surface area contributed by atoms with E-state index in [1.807, 2.05) is 13.0 Å². The van der Waals surface area contributed by atoms with Crippen LogP contribution in [0.5, 0.6) is 0 Å². The van der Waals surface area contributed by atoms with Gasteiger partial charge < -0.3 is 11.1 Å². The quantitative estimate of drug-likeness (QED) is 0.713. The van der Waals surface area contributed by atoms with Crippen LogP contribution in [0, 0.1) is 6.92 Å². The van der Waals surface area contributed by atoms with Gasteiger partial charge in [0.15, 0.2) is 0 Å². The lowest BCUT2D eigenvalue weighted by molar-refractivity contribution is 0.598. The van der Waals surface area contributed by atoms with Crippen molar-refractivity contribution in [3.63, 3.8) is 0 Å². The number of sulfonamides is 1. The molecule has 8 heteroatoms. The zero-order valence-electron chi connectivity index (χ0n) is 12.3. The minimum Gasteiger partial charge on any atom is -0.370 e. The van der Waals surface area contributed by atoms with Gasteiger partial charge in [-0.1, -0.05) is 12.1 Å². The first-order valence-electron chi connectivity index (χ1n) is 6.79. The van der Waals surface area contributed by atoms with Crippen LogP contribution in [0.15, 0.2) is 35.2 Å². The van der Waals surface area contributed by atoms with E-state index < -0.39 is 10.0 Å². The fourth-order valence-electron chi connectivity index (χ4n) is 2.01. The van der Waals surface area contributed by atoms with Gasteiger partial charge in [0, 0.05) is 19.2 Å². The molecule has 0 saturated carbocycles. The van der Waals surface area contributed by atoms with Crippen molar-refractivity contribution in [1.29, 1.82) is 0 Å². The Morgan fingerprint density at radius 3 is 2.45 bits per heavy atom. The highest BCUT2D eigenvalue weighted by Gasteiger charge is 2.06. The number of nitrogens with one attached hydrogen (secondary N) is 1. The smallest absolute Gasteiger partial charge is 0.238 e. The van der Waals surface area contributed by atoms with E-state index in [4.69, 9.17) is 10.9 Å². The molecule has 0 spiro atoms. The maximum atomic E-state index is 11.2. The number of anilines is 1. The topological polar surface area (TPSA) is 124 Å². The third-order valence-electron chi connectivity index (χ3n) is 3.07. The van der Waals surface area contributed by atoms with Crippen molar-refractivity contribution < 1.29 is 8.42 Å². The molecular weight excluding hydrogens is 302 g/mol. The van der Waals surface area contributed by atoms with Crippen LogP contribution in [0.3, 0.4) is 0 Å². The number of hydrogen-bond acceptors (Lipinski definition) is 6. The van der Waals surface area contributed by atoms with Crippen LogP contribution < -0.4 is 16.2 Å². The summed E-state index contributed by atoms with van der Waals surface area (Å²) in [6, 6.07) is 8.32. The Balaban J connectivity index is 1.95. The van der Waals surface area contributed by atoms with Crippen molar-refractivity contribution in [1.82, 2.24) is 9.97 Å². The first-order valence-corrected chi connectivity index (χ1v) is 8.33. The Hall–Kier alpha value is -2.03. The second kappa shape index (κ2) is 6.82. The number of nitrogens with two attached hydrogens (primary N) is 2. The summed E-state index contributed by atoms with van der Waals surface area (Å²) in [5, 5.41) is 8.26. The normalized spacial score (nSPS) is 11.4. The van der Waals surface area contributed by atoms with Crippen molar-refractivity contribution in [3.8, 4) is 0 Å². The number of aryl methyl sites for hydroxylation is 1. The van der Waals surface area contributed by atoms with E-state index in [1.54, 1.807) is 12.1 Å². The molecule has 0 fully saturated rings. The molecule has 2 rings (SSSR count). The molecule has 0 saturated heterocycles. The van der Waals surface area contributed by atoms with Crippen LogP contribution in [0.4, 0.5) is 5.82 Å². The molecule has 2 aromatic rings. The predicted molar refractivity (Wildman–Crippen MR) is 84.7 cm³/mol. The first kappa shape index (κ1) is 16.3. The third-order valence-corrected chi connectivity index (χ3v) is 4.00. The lowest BCUT2D eigenvalue weighted by Crippen LogP contribution is -2.12. The Bertz CT molecular complexity index is 744. The molecule has 0 aliphatic heterocycles. The van der Waals surface area contributed by atoms with E-state index in [-0.39, 0.29) is 4.90 Å². The molecule has 0 unspecified atom stereocenters. The van der Waals surface area contributed by atoms with Crippen molar-refractivity contribution in [2.75, 3.05) is 11.9 Å². The molecule has 1 aromatic heterocycles. The largest absolute Gasteiger partial charge is 0.370 e. The van der Waals surface area contributed by atoms with Crippen LogP contribution in [-0.2, 0) is 23.0 Å². The molecule has 0 atom stereocenters. The van der Waals surface area contributed by atoms with Gasteiger partial charge in [-0.25, -0.2) is 23.5 Å². The molecule has 5 N–H and O–H groups in total. The summed E-state index contributed by atoms with van der Waals surface area (Å²) in [5.41, 5.74) is 7.37. The van der Waals surface area contributed by atoms with E-state index in [9.17, 15) is 8.42 Å². The Morgan fingerprint density at radius 2 is 1.86 bits per heavy atom. The Labute approximate surface area is 129 Å². The van der Waals surface area contributed by atoms with Crippen molar-refractivity contribution >= 4 is 15.8 Å². The summed E-state index contributed by atoms with van der Waals surface area (Å²) in [6.07, 6.45) is 0.728. The van der Waals surface area contributed by atoms with Gasteiger partial charge in [-0.3, -0.25) is 0 Å². The van der Waals surface area contributed by atoms with E-state index in [0.29, 0.717) is 18.9 Å². The Morgan fingerprint density at radius 1 is 1.18 bits per heavy atom. The molecule has 118 valence electrons. The zero-order chi connectivity index (χ0) is 16.2. The number of rotatable bonds is 6. The van der Waals surface area contributed by atoms with E-state index in [0.717, 1.165) is 23.5 Å². The lowest BCUT2D eigenvalue weighted by atomic mass is 10.1. The molecule has 1 aromatic carbocycles. The first-order chi connectivity index (χ1) is 10.4. The molecule has 0 aliphatic rings. The molecule has 22 heavy (non-hydrogen) atoms. The zero-order valence-corrected chi connectivity index (χ0v) is 13.1. The number of primary sulfonamides is 1. The summed E-state index contributed by atoms with van der Waals surface area (Å²) in [4.78, 5) is 8.61. The summed E-state index contributed by atoms with van der Waals surface area (Å²) >= 11 is 0. The van der Waals surface area contributed by atoms with E-state index in [2.05, 4.69) is 15.3 Å². The van der Waals surface area contributed by atoms with Crippen LogP contribution in [0.1, 0.15) is 17.1 Å². The molecular formula is C14H19N5O2S. The highest BCUT2D eigenvalue weighted by molar-refractivity contribution is 7.89. The second-order valence-electron chi connectivity index (χ2n) is 4.86. The monoisotopic (exact) mass is 321 g/mol. The van der Waals surface area contributed by atoms with Crippen LogP contribution in [-0.4, -0.2) is 24.9 Å². The van der Waals surface area contributed by atoms with Crippen LogP contribution in [0.2, 0.25) is 0 Å². The van der Waals surface area contributed by atoms with E-state index >= 15 is 0 Å². The summed E-state index contributed by atoms with van der Waals surface area (Å²) < 4.78 is 22.4. The van der Waals surface area contributed by atoms with Crippen LogP contribution >= 0.6 is 0 Å². The minimum absolute atomic E-state index is 0.114. The number of benzene rings is 1. The average molecular weight is 321 g/mol. The van der Waals surface area contributed by atoms with Gasteiger partial charge in [-0.15, -0.1) is 0 Å².